The van der Waals surface area contributed by atoms with Crippen molar-refractivity contribution in [2.45, 2.75) is 0 Å². The van der Waals surface area contributed by atoms with Crippen LogP contribution in [0.15, 0.2) is 42.5 Å². The first kappa shape index (κ1) is 17.6. The van der Waals surface area contributed by atoms with Crippen LogP contribution in [0.4, 0.5) is 11.5 Å². The summed E-state index contributed by atoms with van der Waals surface area (Å²) in [7, 11) is 3.05. The molecule has 0 bridgehead atoms. The Morgan fingerprint density at radius 2 is 2.00 bits per heavy atom. The summed E-state index contributed by atoms with van der Waals surface area (Å²) in [6, 6.07) is 11.9. The van der Waals surface area contributed by atoms with Crippen LogP contribution < -0.4 is 20.5 Å². The Bertz CT molecular complexity index is 957. The number of anilines is 2. The molecule has 8 nitrogen and oxygen atoms in total. The quantitative estimate of drug-likeness (QED) is 0.712. The van der Waals surface area contributed by atoms with Crippen LogP contribution in [0.5, 0.6) is 11.5 Å². The molecule has 0 saturated carbocycles. The third kappa shape index (κ3) is 3.40. The predicted octanol–water partition coefficient (Wildman–Crippen LogP) is 2.77. The number of ether oxygens (including phenoxy) is 2. The number of halogens is 1. The van der Waals surface area contributed by atoms with E-state index in [2.05, 4.69) is 15.6 Å². The summed E-state index contributed by atoms with van der Waals surface area (Å²) in [4.78, 5) is 12.5. The van der Waals surface area contributed by atoms with Crippen molar-refractivity contribution in [2.24, 2.45) is 0 Å². The van der Waals surface area contributed by atoms with E-state index in [0.717, 1.165) is 0 Å². The Morgan fingerprint density at radius 3 is 2.73 bits per heavy atom. The minimum absolute atomic E-state index is 0.00161. The highest BCUT2D eigenvalue weighted by Gasteiger charge is 2.19. The molecule has 0 unspecified atom stereocenters. The smallest absolute Gasteiger partial charge is 0.280 e. The van der Waals surface area contributed by atoms with Gasteiger partial charge < -0.3 is 20.5 Å². The van der Waals surface area contributed by atoms with Crippen LogP contribution in [0, 0.1) is 0 Å². The number of carbonyl (C=O) groups is 1. The van der Waals surface area contributed by atoms with Gasteiger partial charge in [-0.25, -0.2) is 0 Å². The number of hydrogen-bond donors (Lipinski definition) is 2. The van der Waals surface area contributed by atoms with Gasteiger partial charge in [0.15, 0.2) is 11.5 Å². The van der Waals surface area contributed by atoms with Crippen LogP contribution in [0.25, 0.3) is 5.69 Å². The summed E-state index contributed by atoms with van der Waals surface area (Å²) in [6.07, 6.45) is 0. The molecule has 0 aliphatic rings. The van der Waals surface area contributed by atoms with E-state index in [-0.39, 0.29) is 11.5 Å². The Kier molecular flexibility index (Phi) is 4.94. The molecule has 1 aromatic heterocycles. The minimum Gasteiger partial charge on any atom is -0.497 e. The molecule has 0 aliphatic heterocycles. The van der Waals surface area contributed by atoms with Crippen LogP contribution in [-0.4, -0.2) is 35.1 Å². The first-order chi connectivity index (χ1) is 12.5. The molecule has 0 fully saturated rings. The zero-order chi connectivity index (χ0) is 18.7. The van der Waals surface area contributed by atoms with E-state index in [4.69, 9.17) is 26.8 Å². The standard InChI is InChI=1S/C17H16ClN5O3/c1-25-12-5-3-4-10(8-12)20-17(24)15-16(19)23(22-21-15)11-6-7-13(18)14(9-11)26-2/h3-9H,19H2,1-2H3,(H,20,24). The number of aromatic nitrogens is 3. The van der Waals surface area contributed by atoms with E-state index < -0.39 is 5.91 Å². The Labute approximate surface area is 154 Å². The molecule has 26 heavy (non-hydrogen) atoms. The van der Waals surface area contributed by atoms with E-state index in [1.54, 1.807) is 49.6 Å². The van der Waals surface area contributed by atoms with Crippen molar-refractivity contribution < 1.29 is 14.3 Å². The van der Waals surface area contributed by atoms with Gasteiger partial charge in [-0.2, -0.15) is 4.68 Å². The number of nitrogens with zero attached hydrogens (tertiary/aromatic N) is 3. The van der Waals surface area contributed by atoms with Crippen LogP contribution in [-0.2, 0) is 0 Å². The normalized spacial score (nSPS) is 10.4. The van der Waals surface area contributed by atoms with Crippen LogP contribution >= 0.6 is 11.6 Å². The van der Waals surface area contributed by atoms with Crippen molar-refractivity contribution >= 4 is 29.0 Å². The molecule has 2 aromatic carbocycles. The lowest BCUT2D eigenvalue weighted by molar-refractivity contribution is 0.102. The summed E-state index contributed by atoms with van der Waals surface area (Å²) in [5, 5.41) is 11.0. The Morgan fingerprint density at radius 1 is 1.19 bits per heavy atom. The zero-order valence-electron chi connectivity index (χ0n) is 14.1. The Hall–Kier alpha value is -3.26. The largest absolute Gasteiger partial charge is 0.497 e. The minimum atomic E-state index is -0.483. The fourth-order valence-corrected chi connectivity index (χ4v) is 2.51. The molecular weight excluding hydrogens is 358 g/mol. The second kappa shape index (κ2) is 7.32. The maximum absolute atomic E-state index is 12.5. The Balaban J connectivity index is 1.87. The molecule has 134 valence electrons. The molecule has 3 rings (SSSR count). The summed E-state index contributed by atoms with van der Waals surface area (Å²) < 4.78 is 11.6. The summed E-state index contributed by atoms with van der Waals surface area (Å²) >= 11 is 6.02. The van der Waals surface area contributed by atoms with E-state index in [1.165, 1.54) is 11.8 Å². The topological polar surface area (TPSA) is 104 Å². The van der Waals surface area contributed by atoms with Gasteiger partial charge in [0, 0.05) is 17.8 Å². The van der Waals surface area contributed by atoms with E-state index in [1.807, 2.05) is 0 Å². The van der Waals surface area contributed by atoms with Crippen molar-refractivity contribution in [3.63, 3.8) is 0 Å². The maximum Gasteiger partial charge on any atom is 0.280 e. The molecular formula is C17H16ClN5O3. The number of hydrogen-bond acceptors (Lipinski definition) is 6. The third-order valence-corrected chi connectivity index (χ3v) is 3.94. The van der Waals surface area contributed by atoms with Gasteiger partial charge in [0.05, 0.1) is 24.9 Å². The summed E-state index contributed by atoms with van der Waals surface area (Å²) in [6.45, 7) is 0. The van der Waals surface area contributed by atoms with E-state index in [0.29, 0.717) is 27.9 Å². The van der Waals surface area contributed by atoms with Gasteiger partial charge in [-0.3, -0.25) is 4.79 Å². The van der Waals surface area contributed by atoms with Gasteiger partial charge in [-0.05, 0) is 24.3 Å². The third-order valence-electron chi connectivity index (χ3n) is 3.63. The maximum atomic E-state index is 12.5. The lowest BCUT2D eigenvalue weighted by Gasteiger charge is -2.08. The lowest BCUT2D eigenvalue weighted by atomic mass is 10.2. The SMILES string of the molecule is COc1cccc(NC(=O)c2nnn(-c3ccc(Cl)c(OC)c3)c2N)c1. The summed E-state index contributed by atoms with van der Waals surface area (Å²) in [5.41, 5.74) is 7.17. The average Bonchev–Trinajstić information content (AvgIpc) is 3.04. The van der Waals surface area contributed by atoms with Crippen LogP contribution in [0.2, 0.25) is 5.02 Å². The summed E-state index contributed by atoms with van der Waals surface area (Å²) in [5.74, 6) is 0.687. The van der Waals surface area contributed by atoms with Crippen LogP contribution in [0.1, 0.15) is 10.5 Å². The number of carbonyl (C=O) groups excluding carboxylic acids is 1. The van der Waals surface area contributed by atoms with Gasteiger partial charge in [0.25, 0.3) is 5.91 Å². The predicted molar refractivity (Wildman–Crippen MR) is 98.3 cm³/mol. The highest BCUT2D eigenvalue weighted by molar-refractivity contribution is 6.32. The second-order valence-corrected chi connectivity index (χ2v) is 5.65. The molecule has 3 aromatic rings. The van der Waals surface area contributed by atoms with E-state index >= 15 is 0 Å². The molecule has 0 atom stereocenters. The van der Waals surface area contributed by atoms with Gasteiger partial charge >= 0.3 is 0 Å². The van der Waals surface area contributed by atoms with Gasteiger partial charge in [0.1, 0.15) is 11.5 Å². The van der Waals surface area contributed by atoms with Crippen molar-refractivity contribution in [1.29, 1.82) is 0 Å². The zero-order valence-corrected chi connectivity index (χ0v) is 14.8. The molecule has 0 saturated heterocycles. The molecule has 0 spiro atoms. The molecule has 9 heteroatoms. The van der Waals surface area contributed by atoms with Gasteiger partial charge in [0.2, 0.25) is 0 Å². The number of rotatable bonds is 5. The monoisotopic (exact) mass is 373 g/mol. The second-order valence-electron chi connectivity index (χ2n) is 5.24. The molecule has 1 amide bonds. The number of amides is 1. The number of nitrogens with two attached hydrogens (primary N) is 1. The van der Waals surface area contributed by atoms with Crippen molar-refractivity contribution in [3.8, 4) is 17.2 Å². The number of nitrogens with one attached hydrogen (secondary N) is 1. The first-order valence-corrected chi connectivity index (χ1v) is 7.91. The van der Waals surface area contributed by atoms with Crippen molar-refractivity contribution in [2.75, 3.05) is 25.3 Å². The van der Waals surface area contributed by atoms with Crippen molar-refractivity contribution in [1.82, 2.24) is 15.0 Å². The molecule has 0 aliphatic carbocycles. The number of benzene rings is 2. The first-order valence-electron chi connectivity index (χ1n) is 7.54. The fourth-order valence-electron chi connectivity index (χ4n) is 2.31. The molecule has 0 radical (unpaired) electrons. The average molecular weight is 374 g/mol. The molecule has 1 heterocycles. The number of nitrogen functional groups attached to an aromatic ring is 1. The van der Waals surface area contributed by atoms with E-state index in [9.17, 15) is 4.79 Å². The van der Waals surface area contributed by atoms with Gasteiger partial charge in [-0.1, -0.05) is 22.9 Å². The van der Waals surface area contributed by atoms with Gasteiger partial charge in [-0.15, -0.1) is 5.10 Å². The van der Waals surface area contributed by atoms with Crippen molar-refractivity contribution in [3.05, 3.63) is 53.2 Å². The lowest BCUT2D eigenvalue weighted by Crippen LogP contribution is -2.15. The van der Waals surface area contributed by atoms with Crippen LogP contribution in [0.3, 0.4) is 0 Å². The highest BCUT2D eigenvalue weighted by atomic mass is 35.5. The fraction of sp³-hybridized carbons (Fsp3) is 0.118. The number of methoxy groups -OCH3 is 2. The molecule has 3 N–H and O–H groups in total. The highest BCUT2D eigenvalue weighted by Crippen LogP contribution is 2.28.